The van der Waals surface area contributed by atoms with E-state index in [1.807, 2.05) is 18.2 Å². The molecular weight excluding hydrogens is 316 g/mol. The van der Waals surface area contributed by atoms with Gasteiger partial charge in [0, 0.05) is 16.6 Å². The Hall–Kier alpha value is -0.840. The minimum atomic E-state index is 0.651. The van der Waals surface area contributed by atoms with Crippen LogP contribution in [0.15, 0.2) is 33.5 Å². The summed E-state index contributed by atoms with van der Waals surface area (Å²) in [5, 5.41) is 3.95. The van der Waals surface area contributed by atoms with Crippen molar-refractivity contribution in [2.75, 3.05) is 6.54 Å². The van der Waals surface area contributed by atoms with Gasteiger partial charge in [-0.1, -0.05) is 34.5 Å². The number of rotatable bonds is 5. The summed E-state index contributed by atoms with van der Waals surface area (Å²) in [4.78, 5) is 4.23. The van der Waals surface area contributed by atoms with Crippen LogP contribution in [0.3, 0.4) is 0 Å². The first-order chi connectivity index (χ1) is 8.72. The summed E-state index contributed by atoms with van der Waals surface area (Å²) in [5.41, 5.74) is 1.75. The van der Waals surface area contributed by atoms with E-state index in [-0.39, 0.29) is 0 Å². The molecule has 0 fully saturated rings. The molecule has 0 saturated heterocycles. The molecule has 2 aromatic rings. The first-order valence-corrected chi connectivity index (χ1v) is 6.98. The Labute approximate surface area is 120 Å². The van der Waals surface area contributed by atoms with Crippen LogP contribution in [0, 0.1) is 0 Å². The zero-order valence-corrected chi connectivity index (χ0v) is 12.4. The zero-order chi connectivity index (χ0) is 13.0. The zero-order valence-electron chi connectivity index (χ0n) is 10.0. The third-order valence-corrected chi connectivity index (χ3v) is 3.34. The second-order valence-corrected chi connectivity index (χ2v) is 5.25. The summed E-state index contributed by atoms with van der Waals surface area (Å²) in [6.45, 7) is 3.77. The lowest BCUT2D eigenvalue weighted by atomic mass is 10.1. The van der Waals surface area contributed by atoms with Crippen molar-refractivity contribution >= 4 is 27.5 Å². The van der Waals surface area contributed by atoms with E-state index in [9.17, 15) is 0 Å². The number of aromatic nitrogens is 1. The van der Waals surface area contributed by atoms with Crippen LogP contribution in [-0.4, -0.2) is 11.5 Å². The monoisotopic (exact) mass is 328 g/mol. The van der Waals surface area contributed by atoms with Gasteiger partial charge in [0.25, 0.3) is 0 Å². The standard InChI is InChI=1S/C13H14BrClN2O/c1-2-5-16-7-12-13(18-8-17-12)10-4-3-9(14)6-11(10)15/h3-4,6,8,16H,2,5,7H2,1H3. The summed E-state index contributed by atoms with van der Waals surface area (Å²) in [6.07, 6.45) is 2.54. The average molecular weight is 330 g/mol. The van der Waals surface area contributed by atoms with Crippen molar-refractivity contribution in [1.82, 2.24) is 10.3 Å². The van der Waals surface area contributed by atoms with Crippen molar-refractivity contribution in [3.8, 4) is 11.3 Å². The first kappa shape index (κ1) is 13.6. The van der Waals surface area contributed by atoms with Gasteiger partial charge in [-0.2, -0.15) is 0 Å². The maximum atomic E-state index is 6.22. The molecule has 0 aliphatic rings. The lowest BCUT2D eigenvalue weighted by molar-refractivity contribution is 0.569. The molecule has 3 nitrogen and oxygen atoms in total. The maximum Gasteiger partial charge on any atom is 0.181 e. The molecule has 96 valence electrons. The van der Waals surface area contributed by atoms with Gasteiger partial charge >= 0.3 is 0 Å². The van der Waals surface area contributed by atoms with E-state index in [1.165, 1.54) is 6.39 Å². The van der Waals surface area contributed by atoms with E-state index in [2.05, 4.69) is 33.2 Å². The van der Waals surface area contributed by atoms with Crippen LogP contribution >= 0.6 is 27.5 Å². The summed E-state index contributed by atoms with van der Waals surface area (Å²) < 4.78 is 6.40. The maximum absolute atomic E-state index is 6.22. The van der Waals surface area contributed by atoms with E-state index in [0.29, 0.717) is 11.6 Å². The van der Waals surface area contributed by atoms with Gasteiger partial charge in [-0.25, -0.2) is 4.98 Å². The highest BCUT2D eigenvalue weighted by Crippen LogP contribution is 2.32. The molecule has 1 aromatic carbocycles. The molecule has 0 bridgehead atoms. The summed E-state index contributed by atoms with van der Waals surface area (Å²) in [7, 11) is 0. The second-order valence-electron chi connectivity index (χ2n) is 3.93. The number of oxazole rings is 1. The van der Waals surface area contributed by atoms with Crippen molar-refractivity contribution < 1.29 is 4.42 Å². The van der Waals surface area contributed by atoms with Crippen LogP contribution in [0.2, 0.25) is 5.02 Å². The molecule has 1 heterocycles. The highest BCUT2D eigenvalue weighted by Gasteiger charge is 2.13. The van der Waals surface area contributed by atoms with Gasteiger partial charge in [0.15, 0.2) is 12.2 Å². The molecule has 0 atom stereocenters. The molecule has 2 rings (SSSR count). The van der Waals surface area contributed by atoms with E-state index in [0.717, 1.165) is 34.5 Å². The Balaban J connectivity index is 2.25. The van der Waals surface area contributed by atoms with E-state index < -0.39 is 0 Å². The van der Waals surface area contributed by atoms with Crippen molar-refractivity contribution in [2.24, 2.45) is 0 Å². The van der Waals surface area contributed by atoms with Crippen LogP contribution in [0.5, 0.6) is 0 Å². The topological polar surface area (TPSA) is 38.1 Å². The quantitative estimate of drug-likeness (QED) is 0.833. The van der Waals surface area contributed by atoms with Gasteiger partial charge in [0.1, 0.15) is 5.69 Å². The Morgan fingerprint density at radius 3 is 3.00 bits per heavy atom. The first-order valence-electron chi connectivity index (χ1n) is 5.81. The summed E-state index contributed by atoms with van der Waals surface area (Å²) in [5.74, 6) is 0.733. The normalized spacial score (nSPS) is 10.8. The Bertz CT molecular complexity index is 527. The summed E-state index contributed by atoms with van der Waals surface area (Å²) in [6, 6.07) is 5.71. The number of nitrogens with zero attached hydrogens (tertiary/aromatic N) is 1. The number of benzene rings is 1. The van der Waals surface area contributed by atoms with E-state index in [4.69, 9.17) is 16.0 Å². The molecule has 1 aromatic heterocycles. The molecule has 0 radical (unpaired) electrons. The van der Waals surface area contributed by atoms with Crippen LogP contribution in [0.1, 0.15) is 19.0 Å². The second kappa shape index (κ2) is 6.36. The van der Waals surface area contributed by atoms with Gasteiger partial charge in [0.2, 0.25) is 0 Å². The number of nitrogens with one attached hydrogen (secondary N) is 1. The van der Waals surface area contributed by atoms with Gasteiger partial charge in [0.05, 0.1) is 5.02 Å². The molecule has 0 aliphatic carbocycles. The number of halogens is 2. The smallest absolute Gasteiger partial charge is 0.181 e. The fraction of sp³-hybridized carbons (Fsp3) is 0.308. The van der Waals surface area contributed by atoms with Gasteiger partial charge in [-0.05, 0) is 31.2 Å². The van der Waals surface area contributed by atoms with Crippen LogP contribution in [0.25, 0.3) is 11.3 Å². The predicted octanol–water partition coefficient (Wildman–Crippen LogP) is 4.26. The van der Waals surface area contributed by atoms with E-state index >= 15 is 0 Å². The lowest BCUT2D eigenvalue weighted by Crippen LogP contribution is -2.14. The minimum absolute atomic E-state index is 0.651. The largest absolute Gasteiger partial charge is 0.443 e. The fourth-order valence-electron chi connectivity index (χ4n) is 1.67. The molecule has 0 amide bonds. The Morgan fingerprint density at radius 2 is 2.28 bits per heavy atom. The van der Waals surface area contributed by atoms with Crippen molar-refractivity contribution in [1.29, 1.82) is 0 Å². The Kier molecular flexibility index (Phi) is 4.80. The molecule has 18 heavy (non-hydrogen) atoms. The third-order valence-electron chi connectivity index (χ3n) is 2.54. The van der Waals surface area contributed by atoms with Crippen molar-refractivity contribution in [3.05, 3.63) is 39.8 Å². The highest BCUT2D eigenvalue weighted by molar-refractivity contribution is 9.10. The Morgan fingerprint density at radius 1 is 1.44 bits per heavy atom. The SMILES string of the molecule is CCCNCc1ncoc1-c1ccc(Br)cc1Cl. The highest BCUT2D eigenvalue weighted by atomic mass is 79.9. The van der Waals surface area contributed by atoms with Crippen LogP contribution in [0.4, 0.5) is 0 Å². The third kappa shape index (κ3) is 3.13. The van der Waals surface area contributed by atoms with Crippen molar-refractivity contribution in [3.63, 3.8) is 0 Å². The molecular formula is C13H14BrClN2O. The molecule has 0 saturated carbocycles. The van der Waals surface area contributed by atoms with Crippen LogP contribution < -0.4 is 5.32 Å². The molecule has 5 heteroatoms. The van der Waals surface area contributed by atoms with Gasteiger partial charge < -0.3 is 9.73 Å². The lowest BCUT2D eigenvalue weighted by Gasteiger charge is -2.05. The van der Waals surface area contributed by atoms with Gasteiger partial charge in [-0.15, -0.1) is 0 Å². The number of hydrogen-bond donors (Lipinski definition) is 1. The minimum Gasteiger partial charge on any atom is -0.443 e. The van der Waals surface area contributed by atoms with Crippen LogP contribution in [-0.2, 0) is 6.54 Å². The predicted molar refractivity (Wildman–Crippen MR) is 76.6 cm³/mol. The molecule has 0 spiro atoms. The van der Waals surface area contributed by atoms with E-state index in [1.54, 1.807) is 0 Å². The fourth-order valence-corrected chi connectivity index (χ4v) is 2.43. The molecule has 1 N–H and O–H groups in total. The molecule has 0 aliphatic heterocycles. The van der Waals surface area contributed by atoms with Gasteiger partial charge in [-0.3, -0.25) is 0 Å². The summed E-state index contributed by atoms with van der Waals surface area (Å²) >= 11 is 9.60. The average Bonchev–Trinajstić information content (AvgIpc) is 2.78. The van der Waals surface area contributed by atoms with Crippen molar-refractivity contribution in [2.45, 2.75) is 19.9 Å². The number of hydrogen-bond acceptors (Lipinski definition) is 3. The molecule has 0 unspecified atom stereocenters.